The molecule has 0 radical (unpaired) electrons. The molecule has 0 saturated heterocycles. The summed E-state index contributed by atoms with van der Waals surface area (Å²) in [6, 6.07) is -0.794. The molecule has 4 nitrogen and oxygen atoms in total. The van der Waals surface area contributed by atoms with Crippen LogP contribution in [0.4, 0.5) is 0 Å². The van der Waals surface area contributed by atoms with Crippen molar-refractivity contribution in [3.8, 4) is 0 Å². The number of halogens is 1. The number of carbonyl (C=O) groups is 2. The number of carboxylic acid groups (broad SMARTS) is 1. The predicted octanol–water partition coefficient (Wildman–Crippen LogP) is 1.62. The van der Waals surface area contributed by atoms with Gasteiger partial charge >= 0.3 is 5.97 Å². The van der Waals surface area contributed by atoms with Crippen LogP contribution in [-0.2, 0) is 9.59 Å². The molecule has 0 aromatic carbocycles. The van der Waals surface area contributed by atoms with Gasteiger partial charge in [-0.05, 0) is 12.3 Å². The van der Waals surface area contributed by atoms with E-state index in [0.29, 0.717) is 18.7 Å². The summed E-state index contributed by atoms with van der Waals surface area (Å²) in [7, 11) is 0. The molecule has 2 atom stereocenters. The van der Waals surface area contributed by atoms with E-state index in [0.717, 1.165) is 0 Å². The summed E-state index contributed by atoms with van der Waals surface area (Å²) in [5.41, 5.74) is 0. The fraction of sp³-hybridized carbons (Fsp3) is 0.800. The molecule has 15 heavy (non-hydrogen) atoms. The summed E-state index contributed by atoms with van der Waals surface area (Å²) >= 11 is 5.44. The monoisotopic (exact) mass is 235 g/mol. The number of aliphatic carboxylic acids is 1. The summed E-state index contributed by atoms with van der Waals surface area (Å²) in [6.07, 6.45) is 1.57. The Bertz CT molecular complexity index is 221. The summed E-state index contributed by atoms with van der Waals surface area (Å²) < 4.78 is 0. The zero-order valence-corrected chi connectivity index (χ0v) is 9.88. The molecule has 0 rings (SSSR count). The van der Waals surface area contributed by atoms with Crippen molar-refractivity contribution in [2.45, 2.75) is 39.2 Å². The third-order valence-corrected chi connectivity index (χ3v) is 2.60. The lowest BCUT2D eigenvalue weighted by atomic mass is 9.99. The Labute approximate surface area is 95.0 Å². The number of nitrogens with one attached hydrogen (secondary N) is 1. The van der Waals surface area contributed by atoms with Crippen LogP contribution in [-0.4, -0.2) is 28.9 Å². The van der Waals surface area contributed by atoms with E-state index in [4.69, 9.17) is 16.7 Å². The Kier molecular flexibility index (Phi) is 7.13. The minimum atomic E-state index is -0.983. The van der Waals surface area contributed by atoms with Crippen LogP contribution in [0.2, 0.25) is 0 Å². The smallest absolute Gasteiger partial charge is 0.326 e. The van der Waals surface area contributed by atoms with Gasteiger partial charge in [0.1, 0.15) is 6.04 Å². The number of carboxylic acids is 1. The van der Waals surface area contributed by atoms with Gasteiger partial charge in [0.05, 0.1) is 0 Å². The molecular formula is C10H18ClNO3. The number of carbonyl (C=O) groups excluding carboxylic acids is 1. The highest BCUT2D eigenvalue weighted by Gasteiger charge is 2.24. The third kappa shape index (κ3) is 5.62. The number of hydrogen-bond donors (Lipinski definition) is 2. The molecule has 0 unspecified atom stereocenters. The van der Waals surface area contributed by atoms with Gasteiger partial charge in [-0.2, -0.15) is 0 Å². The third-order valence-electron chi connectivity index (χ3n) is 2.33. The molecule has 0 aliphatic rings. The van der Waals surface area contributed by atoms with Gasteiger partial charge in [0.25, 0.3) is 0 Å². The van der Waals surface area contributed by atoms with Crippen LogP contribution in [0.25, 0.3) is 0 Å². The molecule has 5 heteroatoms. The van der Waals surface area contributed by atoms with Crippen molar-refractivity contribution in [3.05, 3.63) is 0 Å². The van der Waals surface area contributed by atoms with Crippen molar-refractivity contribution < 1.29 is 14.7 Å². The first-order chi connectivity index (χ1) is 7.02. The second-order valence-electron chi connectivity index (χ2n) is 3.56. The summed E-state index contributed by atoms with van der Waals surface area (Å²) in [4.78, 5) is 22.2. The lowest BCUT2D eigenvalue weighted by Gasteiger charge is -2.19. The predicted molar refractivity (Wildman–Crippen MR) is 59.0 cm³/mol. The van der Waals surface area contributed by atoms with E-state index < -0.39 is 12.0 Å². The van der Waals surface area contributed by atoms with E-state index in [9.17, 15) is 9.59 Å². The van der Waals surface area contributed by atoms with Crippen LogP contribution in [0.3, 0.4) is 0 Å². The SMILES string of the molecule is CC[C@@H](C)[C@@H](NC(=O)CCCCl)C(=O)O. The fourth-order valence-corrected chi connectivity index (χ4v) is 1.29. The summed E-state index contributed by atoms with van der Waals surface area (Å²) in [5.74, 6) is -0.886. The highest BCUT2D eigenvalue weighted by atomic mass is 35.5. The second-order valence-corrected chi connectivity index (χ2v) is 3.94. The van der Waals surface area contributed by atoms with E-state index in [-0.39, 0.29) is 18.2 Å². The van der Waals surface area contributed by atoms with Gasteiger partial charge in [-0.1, -0.05) is 20.3 Å². The molecule has 0 saturated carbocycles. The highest BCUT2D eigenvalue weighted by Crippen LogP contribution is 2.08. The van der Waals surface area contributed by atoms with E-state index >= 15 is 0 Å². The van der Waals surface area contributed by atoms with Crippen molar-refractivity contribution in [2.75, 3.05) is 5.88 Å². The van der Waals surface area contributed by atoms with Crippen LogP contribution in [0.5, 0.6) is 0 Å². The molecular weight excluding hydrogens is 218 g/mol. The van der Waals surface area contributed by atoms with Gasteiger partial charge in [0.2, 0.25) is 5.91 Å². The Morgan fingerprint density at radius 2 is 2.07 bits per heavy atom. The molecule has 0 heterocycles. The lowest BCUT2D eigenvalue weighted by Crippen LogP contribution is -2.44. The normalized spacial score (nSPS) is 14.3. The van der Waals surface area contributed by atoms with Gasteiger partial charge in [0, 0.05) is 12.3 Å². The Morgan fingerprint density at radius 1 is 1.47 bits per heavy atom. The topological polar surface area (TPSA) is 66.4 Å². The average Bonchev–Trinajstić information content (AvgIpc) is 2.21. The van der Waals surface area contributed by atoms with Gasteiger partial charge in [0.15, 0.2) is 0 Å². The molecule has 88 valence electrons. The largest absolute Gasteiger partial charge is 0.480 e. The first kappa shape index (κ1) is 14.2. The zero-order chi connectivity index (χ0) is 11.8. The van der Waals surface area contributed by atoms with Crippen molar-refractivity contribution in [2.24, 2.45) is 5.92 Å². The molecule has 2 N–H and O–H groups in total. The van der Waals surface area contributed by atoms with Crippen molar-refractivity contribution in [3.63, 3.8) is 0 Å². The fourth-order valence-electron chi connectivity index (χ4n) is 1.16. The van der Waals surface area contributed by atoms with Crippen LogP contribution in [0.15, 0.2) is 0 Å². The molecule has 0 fully saturated rings. The van der Waals surface area contributed by atoms with Crippen molar-refractivity contribution >= 4 is 23.5 Å². The maximum atomic E-state index is 11.3. The second kappa shape index (κ2) is 7.51. The minimum Gasteiger partial charge on any atom is -0.480 e. The number of amides is 1. The Balaban J connectivity index is 4.16. The first-order valence-corrected chi connectivity index (χ1v) is 5.64. The zero-order valence-electron chi connectivity index (χ0n) is 9.12. The van der Waals surface area contributed by atoms with Crippen LogP contribution >= 0.6 is 11.6 Å². The molecule has 0 aromatic rings. The number of hydrogen-bond acceptors (Lipinski definition) is 2. The van der Waals surface area contributed by atoms with Gasteiger partial charge in [-0.3, -0.25) is 4.79 Å². The molecule has 1 amide bonds. The Morgan fingerprint density at radius 3 is 2.47 bits per heavy atom. The van der Waals surface area contributed by atoms with Gasteiger partial charge < -0.3 is 10.4 Å². The summed E-state index contributed by atoms with van der Waals surface area (Å²) in [6.45, 7) is 3.70. The van der Waals surface area contributed by atoms with Crippen LogP contribution in [0.1, 0.15) is 33.1 Å². The van der Waals surface area contributed by atoms with Gasteiger partial charge in [-0.25, -0.2) is 4.79 Å². The molecule has 0 aliphatic heterocycles. The lowest BCUT2D eigenvalue weighted by molar-refractivity contribution is -0.143. The first-order valence-electron chi connectivity index (χ1n) is 5.11. The standard InChI is InChI=1S/C10H18ClNO3/c1-3-7(2)9(10(14)15)12-8(13)5-4-6-11/h7,9H,3-6H2,1-2H3,(H,12,13)(H,14,15)/t7-,9-/m1/s1. The molecule has 0 aliphatic carbocycles. The molecule has 0 aromatic heterocycles. The maximum absolute atomic E-state index is 11.3. The highest BCUT2D eigenvalue weighted by molar-refractivity contribution is 6.17. The Hall–Kier alpha value is -0.770. The average molecular weight is 236 g/mol. The summed E-state index contributed by atoms with van der Waals surface area (Å²) in [5, 5.41) is 11.4. The molecule has 0 spiro atoms. The quantitative estimate of drug-likeness (QED) is 0.659. The van der Waals surface area contributed by atoms with Crippen LogP contribution < -0.4 is 5.32 Å². The van der Waals surface area contributed by atoms with E-state index in [1.807, 2.05) is 6.92 Å². The van der Waals surface area contributed by atoms with E-state index in [2.05, 4.69) is 5.32 Å². The van der Waals surface area contributed by atoms with Gasteiger partial charge in [-0.15, -0.1) is 11.6 Å². The van der Waals surface area contributed by atoms with Crippen LogP contribution in [0, 0.1) is 5.92 Å². The van der Waals surface area contributed by atoms with Crippen molar-refractivity contribution in [1.82, 2.24) is 5.32 Å². The van der Waals surface area contributed by atoms with E-state index in [1.54, 1.807) is 6.92 Å². The number of rotatable bonds is 7. The minimum absolute atomic E-state index is 0.0672. The molecule has 0 bridgehead atoms. The van der Waals surface area contributed by atoms with Crippen molar-refractivity contribution in [1.29, 1.82) is 0 Å². The van der Waals surface area contributed by atoms with E-state index in [1.165, 1.54) is 0 Å². The maximum Gasteiger partial charge on any atom is 0.326 e. The number of alkyl halides is 1.